The fraction of sp³-hybridized carbons (Fsp3) is 0.250. The van der Waals surface area contributed by atoms with Crippen LogP contribution in [0.1, 0.15) is 0 Å². The monoisotopic (exact) mass is 429 g/mol. The first-order valence-electron chi connectivity index (χ1n) is 7.94. The van der Waals surface area contributed by atoms with Gasteiger partial charge < -0.3 is 4.74 Å². The Morgan fingerprint density at radius 3 is 2.21 bits per heavy atom. The summed E-state index contributed by atoms with van der Waals surface area (Å²) in [4.78, 5) is 9.86. The first kappa shape index (κ1) is 21.8. The first-order valence-corrected chi connectivity index (χ1v) is 10.9. The predicted octanol–water partition coefficient (Wildman–Crippen LogP) is 1.20. The number of rotatable bonds is 9. The average Bonchev–Trinajstić information content (AvgIpc) is 2.65. The minimum absolute atomic E-state index is 0.0559. The summed E-state index contributed by atoms with van der Waals surface area (Å²) < 4.78 is 57.1. The van der Waals surface area contributed by atoms with Crippen molar-refractivity contribution in [2.75, 3.05) is 27.2 Å². The zero-order chi connectivity index (χ0) is 20.9. The average molecular weight is 429 g/mol. The van der Waals surface area contributed by atoms with Crippen molar-refractivity contribution in [3.05, 3.63) is 58.6 Å². The molecule has 0 aliphatic heterocycles. The van der Waals surface area contributed by atoms with Crippen molar-refractivity contribution in [2.24, 2.45) is 0 Å². The number of nitrogens with zero attached hydrogens (tertiary/aromatic N) is 2. The van der Waals surface area contributed by atoms with Gasteiger partial charge in [0.05, 0.1) is 9.82 Å². The van der Waals surface area contributed by atoms with Gasteiger partial charge in [0.2, 0.25) is 20.0 Å². The quantitative estimate of drug-likeness (QED) is 0.359. The number of nitro groups is 1. The van der Waals surface area contributed by atoms with Gasteiger partial charge in [0.25, 0.3) is 5.69 Å². The molecule has 0 aliphatic carbocycles. The molecule has 0 radical (unpaired) electrons. The molecule has 1 N–H and O–H groups in total. The molecule has 0 fully saturated rings. The van der Waals surface area contributed by atoms with E-state index >= 15 is 0 Å². The molecule has 152 valence electrons. The first-order chi connectivity index (χ1) is 13.1. The van der Waals surface area contributed by atoms with Crippen LogP contribution >= 0.6 is 0 Å². The Hall–Kier alpha value is -2.54. The zero-order valence-corrected chi connectivity index (χ0v) is 16.7. The van der Waals surface area contributed by atoms with E-state index in [1.807, 2.05) is 0 Å². The van der Waals surface area contributed by atoms with Gasteiger partial charge in [0.1, 0.15) is 12.4 Å². The van der Waals surface area contributed by atoms with Crippen molar-refractivity contribution in [3.63, 3.8) is 0 Å². The minimum Gasteiger partial charge on any atom is -0.492 e. The van der Waals surface area contributed by atoms with Gasteiger partial charge in [-0.25, -0.2) is 25.9 Å². The second-order valence-electron chi connectivity index (χ2n) is 5.73. The van der Waals surface area contributed by atoms with Gasteiger partial charge in [-0.15, -0.1) is 0 Å². The van der Waals surface area contributed by atoms with E-state index in [4.69, 9.17) is 4.74 Å². The molecule has 0 aromatic heterocycles. The third kappa shape index (κ3) is 5.04. The van der Waals surface area contributed by atoms with Crippen molar-refractivity contribution in [2.45, 2.75) is 9.79 Å². The van der Waals surface area contributed by atoms with E-state index in [0.717, 1.165) is 16.4 Å². The van der Waals surface area contributed by atoms with Gasteiger partial charge in [-0.1, -0.05) is 12.1 Å². The maximum atomic E-state index is 12.2. The van der Waals surface area contributed by atoms with Crippen molar-refractivity contribution >= 4 is 25.7 Å². The highest BCUT2D eigenvalue weighted by molar-refractivity contribution is 7.89. The summed E-state index contributed by atoms with van der Waals surface area (Å²) in [7, 11) is -4.79. The molecule has 28 heavy (non-hydrogen) atoms. The SMILES string of the molecule is CN(C)S(=O)(=O)c1ccc(OCCNS(=O)(=O)c2ccccc2[N+](=O)[O-])cc1. The number of para-hydroxylation sites is 1. The molecule has 0 aliphatic rings. The van der Waals surface area contributed by atoms with E-state index in [-0.39, 0.29) is 18.0 Å². The summed E-state index contributed by atoms with van der Waals surface area (Å²) in [5, 5.41) is 11.0. The Morgan fingerprint density at radius 1 is 1.04 bits per heavy atom. The number of ether oxygens (including phenoxy) is 1. The zero-order valence-electron chi connectivity index (χ0n) is 15.1. The molecular weight excluding hydrogens is 410 g/mol. The lowest BCUT2D eigenvalue weighted by Gasteiger charge is -2.12. The molecule has 10 nitrogen and oxygen atoms in total. The largest absolute Gasteiger partial charge is 0.492 e. The molecule has 0 amide bonds. The number of hydrogen-bond donors (Lipinski definition) is 1. The van der Waals surface area contributed by atoms with E-state index in [1.165, 1.54) is 50.5 Å². The molecule has 12 heteroatoms. The highest BCUT2D eigenvalue weighted by atomic mass is 32.2. The Bertz CT molecular complexity index is 1050. The van der Waals surface area contributed by atoms with Crippen molar-refractivity contribution in [1.82, 2.24) is 9.03 Å². The summed E-state index contributed by atoms with van der Waals surface area (Å²) in [6.07, 6.45) is 0. The normalized spacial score (nSPS) is 12.1. The van der Waals surface area contributed by atoms with Crippen LogP contribution in [0.15, 0.2) is 58.3 Å². The molecule has 2 aromatic carbocycles. The van der Waals surface area contributed by atoms with Gasteiger partial charge >= 0.3 is 0 Å². The van der Waals surface area contributed by atoms with Gasteiger partial charge in [-0.05, 0) is 30.3 Å². The molecule has 0 spiro atoms. The summed E-state index contributed by atoms with van der Waals surface area (Å²) in [6, 6.07) is 10.7. The summed E-state index contributed by atoms with van der Waals surface area (Å²) in [5.41, 5.74) is -0.520. The van der Waals surface area contributed by atoms with Crippen LogP contribution in [-0.4, -0.2) is 53.3 Å². The lowest BCUT2D eigenvalue weighted by Crippen LogP contribution is -2.28. The summed E-state index contributed by atoms with van der Waals surface area (Å²) in [6.45, 7) is -0.189. The van der Waals surface area contributed by atoms with E-state index in [2.05, 4.69) is 4.72 Å². The van der Waals surface area contributed by atoms with Crippen molar-refractivity contribution in [3.8, 4) is 5.75 Å². The van der Waals surface area contributed by atoms with Crippen LogP contribution in [0.25, 0.3) is 0 Å². The topological polar surface area (TPSA) is 136 Å². The number of benzene rings is 2. The minimum atomic E-state index is -4.08. The molecule has 0 heterocycles. The Morgan fingerprint density at radius 2 is 1.64 bits per heavy atom. The summed E-state index contributed by atoms with van der Waals surface area (Å²) in [5.74, 6) is 0.350. The maximum Gasteiger partial charge on any atom is 0.289 e. The molecule has 0 bridgehead atoms. The van der Waals surface area contributed by atoms with E-state index in [1.54, 1.807) is 0 Å². The van der Waals surface area contributed by atoms with E-state index in [0.29, 0.717) is 5.75 Å². The van der Waals surface area contributed by atoms with Crippen LogP contribution in [-0.2, 0) is 20.0 Å². The standard InChI is InChI=1S/C16H19N3O7S2/c1-18(2)28(24,25)14-9-7-13(8-10-14)26-12-11-17-27(22,23)16-6-4-3-5-15(16)19(20)21/h3-10,17H,11-12H2,1-2H3. The second kappa shape index (κ2) is 8.65. The van der Waals surface area contributed by atoms with Gasteiger partial charge in [0, 0.05) is 26.7 Å². The molecule has 2 aromatic rings. The molecule has 0 atom stereocenters. The Kier molecular flexibility index (Phi) is 6.72. The number of sulfonamides is 2. The maximum absolute atomic E-state index is 12.2. The summed E-state index contributed by atoms with van der Waals surface area (Å²) >= 11 is 0. The van der Waals surface area contributed by atoms with Crippen LogP contribution < -0.4 is 9.46 Å². The van der Waals surface area contributed by atoms with Gasteiger partial charge in [-0.2, -0.15) is 0 Å². The lowest BCUT2D eigenvalue weighted by molar-refractivity contribution is -0.387. The highest BCUT2D eigenvalue weighted by Crippen LogP contribution is 2.22. The van der Waals surface area contributed by atoms with Crippen LogP contribution in [0.3, 0.4) is 0 Å². The fourth-order valence-corrected chi connectivity index (χ4v) is 4.26. The van der Waals surface area contributed by atoms with E-state index in [9.17, 15) is 26.9 Å². The van der Waals surface area contributed by atoms with Crippen LogP contribution in [0, 0.1) is 10.1 Å². The van der Waals surface area contributed by atoms with Crippen molar-refractivity contribution in [1.29, 1.82) is 0 Å². The van der Waals surface area contributed by atoms with E-state index < -0.39 is 35.6 Å². The molecule has 2 rings (SSSR count). The molecule has 0 unspecified atom stereocenters. The molecule has 0 saturated heterocycles. The van der Waals surface area contributed by atoms with Crippen LogP contribution in [0.2, 0.25) is 0 Å². The Labute approximate surface area is 163 Å². The third-order valence-corrected chi connectivity index (χ3v) is 6.95. The third-order valence-electron chi connectivity index (χ3n) is 3.62. The van der Waals surface area contributed by atoms with Crippen LogP contribution in [0.5, 0.6) is 5.75 Å². The molecular formula is C16H19N3O7S2. The van der Waals surface area contributed by atoms with Crippen LogP contribution in [0.4, 0.5) is 5.69 Å². The van der Waals surface area contributed by atoms with Crippen molar-refractivity contribution < 1.29 is 26.5 Å². The number of nitro benzene ring substituents is 1. The Balaban J connectivity index is 1.97. The molecule has 0 saturated carbocycles. The fourth-order valence-electron chi connectivity index (χ4n) is 2.18. The number of nitrogens with one attached hydrogen (secondary N) is 1. The lowest BCUT2D eigenvalue weighted by atomic mass is 10.3. The highest BCUT2D eigenvalue weighted by Gasteiger charge is 2.24. The predicted molar refractivity (Wildman–Crippen MR) is 101 cm³/mol. The smallest absolute Gasteiger partial charge is 0.289 e. The van der Waals surface area contributed by atoms with Gasteiger partial charge in [-0.3, -0.25) is 10.1 Å². The second-order valence-corrected chi connectivity index (χ2v) is 9.62. The number of hydrogen-bond acceptors (Lipinski definition) is 7. The van der Waals surface area contributed by atoms with Gasteiger partial charge in [0.15, 0.2) is 4.90 Å².